The first-order chi connectivity index (χ1) is 9.20. The van der Waals surface area contributed by atoms with Gasteiger partial charge >= 0.3 is 0 Å². The van der Waals surface area contributed by atoms with Crippen LogP contribution in [0.2, 0.25) is 0 Å². The Bertz CT molecular complexity index is 611. The van der Waals surface area contributed by atoms with Crippen LogP contribution >= 0.6 is 0 Å². The van der Waals surface area contributed by atoms with Crippen LogP contribution in [0.25, 0.3) is 0 Å². The fourth-order valence-corrected chi connectivity index (χ4v) is 1.92. The summed E-state index contributed by atoms with van der Waals surface area (Å²) in [6, 6.07) is 16.2. The Labute approximate surface area is 114 Å². The summed E-state index contributed by atoms with van der Waals surface area (Å²) in [6.07, 6.45) is 0.423. The maximum atomic E-state index is 8.81. The van der Waals surface area contributed by atoms with E-state index >= 15 is 0 Å². The van der Waals surface area contributed by atoms with Crippen molar-refractivity contribution in [2.24, 2.45) is 0 Å². The normalized spacial score (nSPS) is 9.95. The lowest BCUT2D eigenvalue weighted by atomic mass is 10.1. The number of ether oxygens (including phenoxy) is 1. The number of nitrogens with zero attached hydrogens (tertiary/aromatic N) is 1. The lowest BCUT2D eigenvalue weighted by molar-refractivity contribution is 0.305. The van der Waals surface area contributed by atoms with Gasteiger partial charge in [0.25, 0.3) is 0 Å². The van der Waals surface area contributed by atoms with E-state index in [1.807, 2.05) is 36.4 Å². The average Bonchev–Trinajstić information content (AvgIpc) is 2.42. The van der Waals surface area contributed by atoms with Crippen LogP contribution in [-0.4, -0.2) is 0 Å². The van der Waals surface area contributed by atoms with Gasteiger partial charge in [-0.3, -0.25) is 0 Å². The van der Waals surface area contributed by atoms with Crippen molar-refractivity contribution in [3.63, 3.8) is 0 Å². The Morgan fingerprint density at radius 2 is 1.74 bits per heavy atom. The molecule has 2 aromatic carbocycles. The zero-order chi connectivity index (χ0) is 13.7. The monoisotopic (exact) mass is 251 g/mol. The molecule has 0 saturated carbocycles. The molecule has 2 heteroatoms. The molecule has 2 nitrogen and oxygen atoms in total. The molecule has 2 aromatic rings. The molecule has 0 N–H and O–H groups in total. The highest BCUT2D eigenvalue weighted by Gasteiger charge is 2.03. The van der Waals surface area contributed by atoms with E-state index in [1.54, 1.807) is 0 Å². The van der Waals surface area contributed by atoms with E-state index in [1.165, 1.54) is 11.1 Å². The SMILES string of the molecule is Cc1ccc(OCc2ccccc2CC#N)cc1C. The molecule has 0 aliphatic carbocycles. The average molecular weight is 251 g/mol. The van der Waals surface area contributed by atoms with Crippen molar-refractivity contribution in [3.8, 4) is 11.8 Å². The molecule has 0 unspecified atom stereocenters. The predicted molar refractivity (Wildman–Crippen MR) is 76.0 cm³/mol. The largest absolute Gasteiger partial charge is 0.489 e. The van der Waals surface area contributed by atoms with Crippen molar-refractivity contribution >= 4 is 0 Å². The summed E-state index contributed by atoms with van der Waals surface area (Å²) in [5, 5.41) is 8.81. The van der Waals surface area contributed by atoms with Gasteiger partial charge in [-0.1, -0.05) is 30.3 Å². The Hall–Kier alpha value is -2.27. The van der Waals surface area contributed by atoms with Crippen LogP contribution in [0.3, 0.4) is 0 Å². The van der Waals surface area contributed by atoms with E-state index < -0.39 is 0 Å². The summed E-state index contributed by atoms with van der Waals surface area (Å²) >= 11 is 0. The molecule has 0 aliphatic rings. The van der Waals surface area contributed by atoms with Gasteiger partial charge in [-0.25, -0.2) is 0 Å². The van der Waals surface area contributed by atoms with E-state index in [-0.39, 0.29) is 0 Å². The highest BCUT2D eigenvalue weighted by Crippen LogP contribution is 2.19. The first kappa shape index (κ1) is 13.2. The van der Waals surface area contributed by atoms with Gasteiger partial charge in [-0.15, -0.1) is 0 Å². The molecule has 0 spiro atoms. The summed E-state index contributed by atoms with van der Waals surface area (Å²) in [6.45, 7) is 4.66. The molecule has 2 rings (SSSR count). The van der Waals surface area contributed by atoms with Gasteiger partial charge in [0.1, 0.15) is 12.4 Å². The van der Waals surface area contributed by atoms with Crippen molar-refractivity contribution in [1.29, 1.82) is 5.26 Å². The molecule has 96 valence electrons. The molecule has 0 saturated heterocycles. The molecule has 0 aromatic heterocycles. The van der Waals surface area contributed by atoms with Gasteiger partial charge in [0.15, 0.2) is 0 Å². The Kier molecular flexibility index (Phi) is 4.20. The molecule has 0 fully saturated rings. The molecular formula is C17H17NO. The topological polar surface area (TPSA) is 33.0 Å². The number of nitriles is 1. The second-order valence-corrected chi connectivity index (χ2v) is 4.64. The fourth-order valence-electron chi connectivity index (χ4n) is 1.92. The van der Waals surface area contributed by atoms with Crippen molar-refractivity contribution < 1.29 is 4.74 Å². The molecule has 19 heavy (non-hydrogen) atoms. The summed E-state index contributed by atoms with van der Waals surface area (Å²) in [4.78, 5) is 0. The lowest BCUT2D eigenvalue weighted by Gasteiger charge is -2.10. The number of rotatable bonds is 4. The minimum Gasteiger partial charge on any atom is -0.489 e. The second-order valence-electron chi connectivity index (χ2n) is 4.64. The standard InChI is InChI=1S/C17H17NO/c1-13-7-8-17(11-14(13)2)19-12-16-6-4-3-5-15(16)9-10-18/h3-8,11H,9,12H2,1-2H3. The third kappa shape index (κ3) is 3.35. The van der Waals surface area contributed by atoms with E-state index in [0.717, 1.165) is 16.9 Å². The van der Waals surface area contributed by atoms with E-state index in [2.05, 4.69) is 26.0 Å². The minimum atomic E-state index is 0.423. The summed E-state index contributed by atoms with van der Waals surface area (Å²) < 4.78 is 5.81. The quantitative estimate of drug-likeness (QED) is 0.824. The van der Waals surface area contributed by atoms with Crippen LogP contribution in [0.15, 0.2) is 42.5 Å². The number of hydrogen-bond acceptors (Lipinski definition) is 2. The molecule has 0 aliphatic heterocycles. The van der Waals surface area contributed by atoms with Crippen molar-refractivity contribution in [1.82, 2.24) is 0 Å². The fraction of sp³-hybridized carbons (Fsp3) is 0.235. The Morgan fingerprint density at radius 1 is 1.00 bits per heavy atom. The molecule has 0 atom stereocenters. The van der Waals surface area contributed by atoms with Crippen molar-refractivity contribution in [2.45, 2.75) is 26.9 Å². The van der Waals surface area contributed by atoms with Crippen LogP contribution in [0.4, 0.5) is 0 Å². The Morgan fingerprint density at radius 3 is 2.42 bits per heavy atom. The highest BCUT2D eigenvalue weighted by molar-refractivity contribution is 5.34. The third-order valence-electron chi connectivity index (χ3n) is 3.26. The first-order valence-electron chi connectivity index (χ1n) is 6.34. The van der Waals surface area contributed by atoms with E-state index in [4.69, 9.17) is 10.00 Å². The predicted octanol–water partition coefficient (Wildman–Crippen LogP) is 3.95. The van der Waals surface area contributed by atoms with Crippen LogP contribution in [0, 0.1) is 25.2 Å². The first-order valence-corrected chi connectivity index (χ1v) is 6.34. The zero-order valence-corrected chi connectivity index (χ0v) is 11.3. The minimum absolute atomic E-state index is 0.423. The van der Waals surface area contributed by atoms with Gasteiger partial charge in [-0.05, 0) is 48.2 Å². The Balaban J connectivity index is 2.10. The van der Waals surface area contributed by atoms with Gasteiger partial charge < -0.3 is 4.74 Å². The molecular weight excluding hydrogens is 234 g/mol. The molecule has 0 bridgehead atoms. The highest BCUT2D eigenvalue weighted by atomic mass is 16.5. The number of hydrogen-bond donors (Lipinski definition) is 0. The van der Waals surface area contributed by atoms with Crippen LogP contribution in [0.5, 0.6) is 5.75 Å². The maximum absolute atomic E-state index is 8.81. The number of aryl methyl sites for hydroxylation is 2. The smallest absolute Gasteiger partial charge is 0.120 e. The number of benzene rings is 2. The van der Waals surface area contributed by atoms with Crippen LogP contribution in [-0.2, 0) is 13.0 Å². The molecule has 0 radical (unpaired) electrons. The molecule has 0 amide bonds. The second kappa shape index (κ2) is 6.06. The van der Waals surface area contributed by atoms with Crippen LogP contribution in [0.1, 0.15) is 22.3 Å². The zero-order valence-electron chi connectivity index (χ0n) is 11.3. The van der Waals surface area contributed by atoms with Gasteiger partial charge in [0.05, 0.1) is 12.5 Å². The van der Waals surface area contributed by atoms with E-state index in [0.29, 0.717) is 13.0 Å². The summed E-state index contributed by atoms with van der Waals surface area (Å²) in [5.41, 5.74) is 4.59. The van der Waals surface area contributed by atoms with Gasteiger partial charge in [-0.2, -0.15) is 5.26 Å². The van der Waals surface area contributed by atoms with Gasteiger partial charge in [0, 0.05) is 0 Å². The molecule has 0 heterocycles. The van der Waals surface area contributed by atoms with E-state index in [9.17, 15) is 0 Å². The van der Waals surface area contributed by atoms with Crippen LogP contribution < -0.4 is 4.74 Å². The van der Waals surface area contributed by atoms with Crippen molar-refractivity contribution in [3.05, 3.63) is 64.7 Å². The van der Waals surface area contributed by atoms with Gasteiger partial charge in [0.2, 0.25) is 0 Å². The summed E-state index contributed by atoms with van der Waals surface area (Å²) in [5.74, 6) is 0.870. The maximum Gasteiger partial charge on any atom is 0.120 e. The lowest BCUT2D eigenvalue weighted by Crippen LogP contribution is -2.00. The third-order valence-corrected chi connectivity index (χ3v) is 3.26. The van der Waals surface area contributed by atoms with Crippen molar-refractivity contribution in [2.75, 3.05) is 0 Å². The summed E-state index contributed by atoms with van der Waals surface area (Å²) in [7, 11) is 0.